The number of rotatable bonds is 1. The Morgan fingerprint density at radius 3 is 2.81 bits per heavy atom. The average molecular weight is 284 g/mol. The third-order valence-electron chi connectivity index (χ3n) is 5.60. The molecule has 1 aliphatic carbocycles. The summed E-state index contributed by atoms with van der Waals surface area (Å²) in [7, 11) is 0. The van der Waals surface area contributed by atoms with Gasteiger partial charge in [0.05, 0.1) is 0 Å². The molecule has 3 atom stereocenters. The molecule has 4 rings (SSSR count). The van der Waals surface area contributed by atoms with Crippen LogP contribution in [0.3, 0.4) is 0 Å². The van der Waals surface area contributed by atoms with E-state index in [1.165, 1.54) is 44.1 Å². The zero-order valence-electron chi connectivity index (χ0n) is 12.6. The second kappa shape index (κ2) is 5.36. The summed E-state index contributed by atoms with van der Waals surface area (Å²) in [6, 6.07) is 8.80. The van der Waals surface area contributed by atoms with Crippen molar-refractivity contribution in [3.05, 3.63) is 29.8 Å². The Morgan fingerprint density at radius 2 is 1.90 bits per heavy atom. The van der Waals surface area contributed by atoms with Gasteiger partial charge in [-0.15, -0.1) is 0 Å². The number of carbonyl (C=O) groups excluding carboxylic acids is 1. The predicted molar refractivity (Wildman–Crippen MR) is 84.2 cm³/mol. The highest BCUT2D eigenvalue weighted by molar-refractivity contribution is 5.87. The van der Waals surface area contributed by atoms with Gasteiger partial charge in [0.25, 0.3) is 0 Å². The van der Waals surface area contributed by atoms with Gasteiger partial charge in [0.15, 0.2) is 0 Å². The lowest BCUT2D eigenvalue weighted by molar-refractivity contribution is -0.138. The van der Waals surface area contributed by atoms with E-state index in [9.17, 15) is 4.79 Å². The number of piperidine rings is 1. The lowest BCUT2D eigenvalue weighted by atomic mass is 9.78. The van der Waals surface area contributed by atoms with E-state index in [0.717, 1.165) is 24.6 Å². The number of nitrogens with one attached hydrogen (secondary N) is 1. The molecule has 112 valence electrons. The summed E-state index contributed by atoms with van der Waals surface area (Å²) >= 11 is 0. The molecule has 3 aliphatic rings. The van der Waals surface area contributed by atoms with Crippen LogP contribution in [0.25, 0.3) is 0 Å². The van der Waals surface area contributed by atoms with Crippen molar-refractivity contribution in [1.82, 2.24) is 4.90 Å². The highest BCUT2D eigenvalue weighted by Crippen LogP contribution is 2.36. The number of hydrogen-bond donors (Lipinski definition) is 1. The first-order chi connectivity index (χ1) is 10.3. The summed E-state index contributed by atoms with van der Waals surface area (Å²) in [5.74, 6) is 1.10. The minimum absolute atomic E-state index is 0.0388. The number of amides is 1. The van der Waals surface area contributed by atoms with Crippen LogP contribution in [0.5, 0.6) is 0 Å². The van der Waals surface area contributed by atoms with Gasteiger partial charge in [-0.05, 0) is 43.2 Å². The molecule has 1 aromatic rings. The molecule has 2 fully saturated rings. The maximum atomic E-state index is 13.0. The molecule has 0 bridgehead atoms. The van der Waals surface area contributed by atoms with Crippen LogP contribution in [-0.2, 0) is 11.2 Å². The number of likely N-dealkylation sites (tertiary alicyclic amines) is 1. The number of para-hydroxylation sites is 1. The van der Waals surface area contributed by atoms with Gasteiger partial charge in [0, 0.05) is 24.7 Å². The summed E-state index contributed by atoms with van der Waals surface area (Å²) in [5, 5.41) is 3.44. The number of benzene rings is 1. The van der Waals surface area contributed by atoms with Crippen LogP contribution in [-0.4, -0.2) is 29.4 Å². The second-order valence-electron chi connectivity index (χ2n) is 6.84. The molecule has 3 heteroatoms. The molecule has 3 nitrogen and oxygen atoms in total. The van der Waals surface area contributed by atoms with Crippen LogP contribution >= 0.6 is 0 Å². The second-order valence-corrected chi connectivity index (χ2v) is 6.84. The van der Waals surface area contributed by atoms with Crippen molar-refractivity contribution in [1.29, 1.82) is 0 Å². The quantitative estimate of drug-likeness (QED) is 0.859. The van der Waals surface area contributed by atoms with Gasteiger partial charge in [-0.25, -0.2) is 0 Å². The highest BCUT2D eigenvalue weighted by Gasteiger charge is 2.39. The standard InChI is InChI=1S/C18H24N2O/c21-18(16-12-14-7-1-3-9-15(14)19-16)20-11-5-8-13-6-2-4-10-17(13)20/h1,3,7,9,13,16-17,19H,2,4-6,8,10-12H2/t13-,16?,17-/m1/s1. The molecule has 1 amide bonds. The van der Waals surface area contributed by atoms with E-state index in [1.807, 2.05) is 6.07 Å². The third-order valence-corrected chi connectivity index (χ3v) is 5.60. The Bertz CT molecular complexity index is 515. The zero-order valence-corrected chi connectivity index (χ0v) is 12.6. The minimum Gasteiger partial charge on any atom is -0.373 e. The maximum Gasteiger partial charge on any atom is 0.245 e. The Morgan fingerprint density at radius 1 is 1.10 bits per heavy atom. The predicted octanol–water partition coefficient (Wildman–Crippen LogP) is 3.20. The van der Waals surface area contributed by atoms with Gasteiger partial charge in [0.1, 0.15) is 6.04 Å². The van der Waals surface area contributed by atoms with Crippen LogP contribution in [0.15, 0.2) is 24.3 Å². The fraction of sp³-hybridized carbons (Fsp3) is 0.611. The molecule has 1 saturated heterocycles. The summed E-state index contributed by atoms with van der Waals surface area (Å²) < 4.78 is 0. The van der Waals surface area contributed by atoms with Gasteiger partial charge in [-0.1, -0.05) is 31.0 Å². The van der Waals surface area contributed by atoms with E-state index in [0.29, 0.717) is 11.9 Å². The smallest absolute Gasteiger partial charge is 0.245 e. The van der Waals surface area contributed by atoms with Crippen molar-refractivity contribution < 1.29 is 4.79 Å². The van der Waals surface area contributed by atoms with E-state index in [1.54, 1.807) is 0 Å². The van der Waals surface area contributed by atoms with Crippen molar-refractivity contribution in [3.8, 4) is 0 Å². The molecule has 0 aromatic heterocycles. The Hall–Kier alpha value is -1.51. The lowest BCUT2D eigenvalue weighted by Gasteiger charge is -2.45. The summed E-state index contributed by atoms with van der Waals surface area (Å²) in [4.78, 5) is 15.2. The molecule has 1 N–H and O–H groups in total. The van der Waals surface area contributed by atoms with Gasteiger partial charge in [0.2, 0.25) is 5.91 Å². The van der Waals surface area contributed by atoms with E-state index in [-0.39, 0.29) is 6.04 Å². The van der Waals surface area contributed by atoms with E-state index < -0.39 is 0 Å². The molecule has 1 saturated carbocycles. The van der Waals surface area contributed by atoms with Crippen LogP contribution in [0, 0.1) is 5.92 Å². The van der Waals surface area contributed by atoms with E-state index >= 15 is 0 Å². The van der Waals surface area contributed by atoms with Gasteiger partial charge in [-0.3, -0.25) is 4.79 Å². The Kier molecular flexibility index (Phi) is 3.36. The van der Waals surface area contributed by atoms with Crippen molar-refractivity contribution >= 4 is 11.6 Å². The van der Waals surface area contributed by atoms with Crippen LogP contribution in [0.1, 0.15) is 44.1 Å². The first kappa shape index (κ1) is 13.2. The number of anilines is 1. The summed E-state index contributed by atoms with van der Waals surface area (Å²) in [5.41, 5.74) is 2.43. The molecule has 1 aromatic carbocycles. The molecule has 0 spiro atoms. The van der Waals surface area contributed by atoms with Crippen molar-refractivity contribution in [3.63, 3.8) is 0 Å². The summed E-state index contributed by atoms with van der Waals surface area (Å²) in [6.45, 7) is 0.967. The lowest BCUT2D eigenvalue weighted by Crippen LogP contribution is -2.53. The van der Waals surface area contributed by atoms with Gasteiger partial charge >= 0.3 is 0 Å². The number of carbonyl (C=O) groups is 1. The average Bonchev–Trinajstić information content (AvgIpc) is 2.97. The first-order valence-electron chi connectivity index (χ1n) is 8.48. The Labute approximate surface area is 126 Å². The van der Waals surface area contributed by atoms with Crippen LogP contribution in [0.4, 0.5) is 5.69 Å². The largest absolute Gasteiger partial charge is 0.373 e. The number of fused-ring (bicyclic) bond motifs is 2. The van der Waals surface area contributed by atoms with Gasteiger partial charge < -0.3 is 10.2 Å². The molecular formula is C18H24N2O. The number of hydrogen-bond acceptors (Lipinski definition) is 2. The molecule has 21 heavy (non-hydrogen) atoms. The molecule has 2 aliphatic heterocycles. The van der Waals surface area contributed by atoms with Crippen molar-refractivity contribution in [2.24, 2.45) is 5.92 Å². The van der Waals surface area contributed by atoms with Crippen molar-refractivity contribution in [2.75, 3.05) is 11.9 Å². The number of nitrogens with zero attached hydrogens (tertiary/aromatic N) is 1. The monoisotopic (exact) mass is 284 g/mol. The normalized spacial score (nSPS) is 31.2. The van der Waals surface area contributed by atoms with Crippen molar-refractivity contribution in [2.45, 2.75) is 57.0 Å². The molecule has 1 unspecified atom stereocenters. The minimum atomic E-state index is -0.0388. The fourth-order valence-corrected chi connectivity index (χ4v) is 4.55. The Balaban J connectivity index is 1.50. The third kappa shape index (κ3) is 2.33. The SMILES string of the molecule is O=C(C1Cc2ccccc2N1)N1CCC[C@H]2CCCC[C@H]21. The first-order valence-corrected chi connectivity index (χ1v) is 8.48. The van der Waals surface area contributed by atoms with Gasteiger partial charge in [-0.2, -0.15) is 0 Å². The highest BCUT2D eigenvalue weighted by atomic mass is 16.2. The molecule has 2 heterocycles. The van der Waals surface area contributed by atoms with Crippen LogP contribution in [0.2, 0.25) is 0 Å². The van der Waals surface area contributed by atoms with Crippen LogP contribution < -0.4 is 5.32 Å². The van der Waals surface area contributed by atoms with E-state index in [4.69, 9.17) is 0 Å². The maximum absolute atomic E-state index is 13.0. The zero-order chi connectivity index (χ0) is 14.2. The fourth-order valence-electron chi connectivity index (χ4n) is 4.55. The van der Waals surface area contributed by atoms with E-state index in [2.05, 4.69) is 28.4 Å². The molecular weight excluding hydrogens is 260 g/mol. The summed E-state index contributed by atoms with van der Waals surface area (Å²) in [6.07, 6.45) is 8.56. The topological polar surface area (TPSA) is 32.3 Å². The molecule has 0 radical (unpaired) electrons.